The van der Waals surface area contributed by atoms with E-state index in [2.05, 4.69) is 22.2 Å². The minimum absolute atomic E-state index is 0.0673. The monoisotopic (exact) mass is 322 g/mol. The highest BCUT2D eigenvalue weighted by Crippen LogP contribution is 2.29. The van der Waals surface area contributed by atoms with Crippen molar-refractivity contribution in [2.45, 2.75) is 12.8 Å². The van der Waals surface area contributed by atoms with E-state index in [1.54, 1.807) is 0 Å². The molecule has 24 heavy (non-hydrogen) atoms. The van der Waals surface area contributed by atoms with Crippen LogP contribution in [0.25, 0.3) is 21.8 Å². The number of aromatic nitrogens is 2. The smallest absolute Gasteiger partial charge is 0.256 e. The van der Waals surface area contributed by atoms with Crippen LogP contribution in [0.1, 0.15) is 12.8 Å². The fraction of sp³-hybridized carbons (Fsp3) is 0.368. The normalized spacial score (nSPS) is 14.6. The number of pyridine rings is 2. The van der Waals surface area contributed by atoms with Crippen LogP contribution in [0.4, 0.5) is 5.82 Å². The number of aromatic amines is 1. The predicted molar refractivity (Wildman–Crippen MR) is 98.6 cm³/mol. The van der Waals surface area contributed by atoms with Crippen LogP contribution in [0.15, 0.2) is 41.2 Å². The lowest BCUT2D eigenvalue weighted by atomic mass is 10.1. The molecule has 0 amide bonds. The van der Waals surface area contributed by atoms with E-state index in [1.807, 2.05) is 36.4 Å². The number of nitrogens with zero attached hydrogens (tertiary/aromatic N) is 2. The van der Waals surface area contributed by atoms with Crippen LogP contribution in [0.2, 0.25) is 0 Å². The summed E-state index contributed by atoms with van der Waals surface area (Å²) in [5, 5.41) is 4.97. The molecule has 5 nitrogen and oxygen atoms in total. The van der Waals surface area contributed by atoms with Crippen LogP contribution >= 0.6 is 0 Å². The van der Waals surface area contributed by atoms with Crippen molar-refractivity contribution >= 4 is 27.6 Å². The molecule has 1 aliphatic rings. The molecule has 3 aromatic rings. The summed E-state index contributed by atoms with van der Waals surface area (Å²) in [6, 6.07) is 11.5. The van der Waals surface area contributed by atoms with Gasteiger partial charge < -0.3 is 15.2 Å². The zero-order valence-electron chi connectivity index (χ0n) is 13.9. The lowest BCUT2D eigenvalue weighted by Crippen LogP contribution is -2.27. The third kappa shape index (κ3) is 3.12. The molecule has 0 atom stereocenters. The summed E-state index contributed by atoms with van der Waals surface area (Å²) in [6.07, 6.45) is 2.77. The summed E-state index contributed by atoms with van der Waals surface area (Å²) in [5.41, 5.74) is 1.54. The molecule has 124 valence electrons. The van der Waals surface area contributed by atoms with E-state index in [0.29, 0.717) is 5.39 Å². The zero-order chi connectivity index (χ0) is 16.5. The molecule has 0 radical (unpaired) electrons. The average molecular weight is 322 g/mol. The van der Waals surface area contributed by atoms with E-state index < -0.39 is 0 Å². The van der Waals surface area contributed by atoms with Crippen LogP contribution in [0.5, 0.6) is 0 Å². The van der Waals surface area contributed by atoms with Gasteiger partial charge in [0, 0.05) is 30.4 Å². The fourth-order valence-electron chi connectivity index (χ4n) is 3.15. The second kappa shape index (κ2) is 6.24. The zero-order valence-corrected chi connectivity index (χ0v) is 13.9. The standard InChI is InChI=1S/C19H22N4O/c1-23(12-13-6-7-13)11-10-20-17-9-8-16-18(22-17)14-4-2-3-5-15(14)19(24)21-16/h2-5,8-9,13H,6-7,10-12H2,1H3,(H,20,22)(H,21,24). The Balaban J connectivity index is 1.55. The van der Waals surface area contributed by atoms with Gasteiger partial charge >= 0.3 is 0 Å². The van der Waals surface area contributed by atoms with Crippen molar-refractivity contribution in [3.05, 3.63) is 46.8 Å². The molecule has 0 unspecified atom stereocenters. The molecule has 2 N–H and O–H groups in total. The van der Waals surface area contributed by atoms with E-state index in [-0.39, 0.29) is 5.56 Å². The largest absolute Gasteiger partial charge is 0.369 e. The van der Waals surface area contributed by atoms with Gasteiger partial charge in [0.05, 0.1) is 11.0 Å². The maximum atomic E-state index is 12.1. The van der Waals surface area contributed by atoms with E-state index in [1.165, 1.54) is 19.4 Å². The van der Waals surface area contributed by atoms with Crippen molar-refractivity contribution in [2.75, 3.05) is 32.0 Å². The lowest BCUT2D eigenvalue weighted by molar-refractivity contribution is 0.332. The van der Waals surface area contributed by atoms with Gasteiger partial charge in [-0.3, -0.25) is 4.79 Å². The van der Waals surface area contributed by atoms with Crippen LogP contribution < -0.4 is 10.9 Å². The van der Waals surface area contributed by atoms with E-state index in [0.717, 1.165) is 41.2 Å². The quantitative estimate of drug-likeness (QED) is 0.685. The molecule has 5 heteroatoms. The minimum atomic E-state index is -0.0673. The Bertz CT molecular complexity index is 929. The number of anilines is 1. The first-order valence-corrected chi connectivity index (χ1v) is 8.55. The number of hydrogen-bond acceptors (Lipinski definition) is 4. The van der Waals surface area contributed by atoms with Crippen molar-refractivity contribution in [3.8, 4) is 0 Å². The van der Waals surface area contributed by atoms with Crippen molar-refractivity contribution in [3.63, 3.8) is 0 Å². The number of hydrogen-bond donors (Lipinski definition) is 2. The number of H-pyrrole nitrogens is 1. The third-order valence-corrected chi connectivity index (χ3v) is 4.64. The topological polar surface area (TPSA) is 61.0 Å². The Hall–Kier alpha value is -2.40. The third-order valence-electron chi connectivity index (χ3n) is 4.64. The Kier molecular flexibility index (Phi) is 3.94. The first-order chi connectivity index (χ1) is 11.7. The summed E-state index contributed by atoms with van der Waals surface area (Å²) >= 11 is 0. The number of nitrogens with one attached hydrogen (secondary N) is 2. The van der Waals surface area contributed by atoms with Gasteiger partial charge in [0.15, 0.2) is 0 Å². The van der Waals surface area contributed by atoms with Crippen LogP contribution in [-0.2, 0) is 0 Å². The van der Waals surface area contributed by atoms with Gasteiger partial charge in [-0.1, -0.05) is 18.2 Å². The van der Waals surface area contributed by atoms with E-state index in [9.17, 15) is 4.79 Å². The van der Waals surface area contributed by atoms with Gasteiger partial charge in [0.2, 0.25) is 0 Å². The molecular formula is C19H22N4O. The summed E-state index contributed by atoms with van der Waals surface area (Å²) in [4.78, 5) is 22.1. The van der Waals surface area contributed by atoms with Crippen molar-refractivity contribution in [2.24, 2.45) is 5.92 Å². The molecule has 1 aliphatic carbocycles. The van der Waals surface area contributed by atoms with Crippen LogP contribution in [0.3, 0.4) is 0 Å². The first kappa shape index (κ1) is 15.1. The van der Waals surface area contributed by atoms with Gasteiger partial charge in [-0.2, -0.15) is 0 Å². The number of likely N-dealkylation sites (N-methyl/N-ethyl adjacent to an activating group) is 1. The Morgan fingerprint density at radius 3 is 2.79 bits per heavy atom. The molecular weight excluding hydrogens is 300 g/mol. The molecule has 2 heterocycles. The summed E-state index contributed by atoms with van der Waals surface area (Å²) in [7, 11) is 2.17. The number of benzene rings is 1. The highest BCUT2D eigenvalue weighted by molar-refractivity contribution is 6.03. The summed E-state index contributed by atoms with van der Waals surface area (Å²) < 4.78 is 0. The minimum Gasteiger partial charge on any atom is -0.369 e. The average Bonchev–Trinajstić information content (AvgIpc) is 3.39. The van der Waals surface area contributed by atoms with E-state index in [4.69, 9.17) is 4.98 Å². The van der Waals surface area contributed by atoms with Gasteiger partial charge in [-0.15, -0.1) is 0 Å². The SMILES string of the molecule is CN(CCNc1ccc2[nH]c(=O)c3ccccc3c2n1)CC1CC1. The van der Waals surface area contributed by atoms with Crippen molar-refractivity contribution < 1.29 is 0 Å². The predicted octanol–water partition coefficient (Wildman–Crippen LogP) is 2.83. The Labute approximate surface area is 140 Å². The molecule has 0 spiro atoms. The summed E-state index contributed by atoms with van der Waals surface area (Å²) in [6.45, 7) is 3.06. The second-order valence-electron chi connectivity index (χ2n) is 6.72. The molecule has 4 rings (SSSR count). The van der Waals surface area contributed by atoms with Crippen molar-refractivity contribution in [1.29, 1.82) is 0 Å². The Morgan fingerprint density at radius 2 is 2.00 bits per heavy atom. The lowest BCUT2D eigenvalue weighted by Gasteiger charge is -2.16. The maximum Gasteiger partial charge on any atom is 0.256 e. The highest BCUT2D eigenvalue weighted by atomic mass is 16.1. The first-order valence-electron chi connectivity index (χ1n) is 8.55. The maximum absolute atomic E-state index is 12.1. The van der Waals surface area contributed by atoms with Gasteiger partial charge in [0.25, 0.3) is 5.56 Å². The fourth-order valence-corrected chi connectivity index (χ4v) is 3.15. The van der Waals surface area contributed by atoms with Crippen molar-refractivity contribution in [1.82, 2.24) is 14.9 Å². The van der Waals surface area contributed by atoms with E-state index >= 15 is 0 Å². The van der Waals surface area contributed by atoms with Crippen LogP contribution in [0, 0.1) is 5.92 Å². The second-order valence-corrected chi connectivity index (χ2v) is 6.72. The number of rotatable bonds is 6. The molecule has 0 bridgehead atoms. The molecule has 2 aromatic heterocycles. The number of fused-ring (bicyclic) bond motifs is 3. The molecule has 0 saturated heterocycles. The Morgan fingerprint density at radius 1 is 1.21 bits per heavy atom. The molecule has 1 aromatic carbocycles. The summed E-state index contributed by atoms with van der Waals surface area (Å²) in [5.74, 6) is 1.76. The van der Waals surface area contributed by atoms with Gasteiger partial charge in [-0.05, 0) is 44.0 Å². The molecule has 1 fully saturated rings. The molecule has 1 saturated carbocycles. The van der Waals surface area contributed by atoms with Gasteiger partial charge in [0.1, 0.15) is 5.82 Å². The van der Waals surface area contributed by atoms with Gasteiger partial charge in [-0.25, -0.2) is 4.98 Å². The molecule has 0 aliphatic heterocycles. The highest BCUT2D eigenvalue weighted by Gasteiger charge is 2.22. The van der Waals surface area contributed by atoms with Crippen LogP contribution in [-0.4, -0.2) is 41.5 Å².